The fraction of sp³-hybridized carbons (Fsp3) is 0.444. The molecule has 1 heterocycles. The van der Waals surface area contributed by atoms with E-state index in [2.05, 4.69) is 39.8 Å². The number of benzene rings is 1. The molecule has 1 unspecified atom stereocenters. The first-order chi connectivity index (χ1) is 12.0. The highest BCUT2D eigenvalue weighted by molar-refractivity contribution is 14.0. The molecule has 2 aromatic rings. The largest absolute Gasteiger partial charge is 0.375 e. The van der Waals surface area contributed by atoms with E-state index in [0.29, 0.717) is 30.0 Å². The zero-order valence-corrected chi connectivity index (χ0v) is 19.4. The molecule has 5 nitrogen and oxygen atoms in total. The molecule has 0 saturated carbocycles. The first-order valence-electron chi connectivity index (χ1n) is 8.20. The van der Waals surface area contributed by atoms with Crippen molar-refractivity contribution in [2.24, 2.45) is 4.99 Å². The minimum absolute atomic E-state index is 0. The van der Waals surface area contributed by atoms with Gasteiger partial charge >= 0.3 is 0 Å². The third kappa shape index (κ3) is 7.02. The third-order valence-electron chi connectivity index (χ3n) is 3.75. The number of guanidine groups is 1. The molecule has 8 heteroatoms. The van der Waals surface area contributed by atoms with Crippen LogP contribution in [-0.2, 0) is 11.3 Å². The molecule has 2 N–H and O–H groups in total. The average Bonchev–Trinajstić information content (AvgIpc) is 3.07. The summed E-state index contributed by atoms with van der Waals surface area (Å²) in [5.41, 5.74) is 2.16. The summed E-state index contributed by atoms with van der Waals surface area (Å²) in [6, 6.07) is 7.69. The quantitative estimate of drug-likeness (QED) is 0.326. The maximum absolute atomic E-state index is 6.06. The normalized spacial score (nSPS) is 12.6. The van der Waals surface area contributed by atoms with Crippen LogP contribution in [0, 0.1) is 0 Å². The molecule has 0 radical (unpaired) electrons. The molecule has 144 valence electrons. The van der Waals surface area contributed by atoms with Gasteiger partial charge in [0.25, 0.3) is 0 Å². The number of hydrogen-bond acceptors (Lipinski definition) is 4. The summed E-state index contributed by atoms with van der Waals surface area (Å²) in [6.45, 7) is 5.53. The lowest BCUT2D eigenvalue weighted by atomic mass is 10.1. The standard InChI is InChI=1S/C18H25ClN4OS.HI/c1-12(2)15-11-25-17(23-15)10-22-18(20-3)21-9-16(24-4)13-6-5-7-14(19)8-13;/h5-8,11-12,16H,9-10H2,1-4H3,(H2,20,21,22);1H. The van der Waals surface area contributed by atoms with Gasteiger partial charge < -0.3 is 15.4 Å². The highest BCUT2D eigenvalue weighted by Gasteiger charge is 2.12. The predicted molar refractivity (Wildman–Crippen MR) is 121 cm³/mol. The number of aliphatic imine (C=N–C) groups is 1. The van der Waals surface area contributed by atoms with Crippen molar-refractivity contribution >= 4 is 52.9 Å². The molecule has 0 aliphatic heterocycles. The molecular formula is C18H26ClIN4OS. The lowest BCUT2D eigenvalue weighted by molar-refractivity contribution is 0.106. The van der Waals surface area contributed by atoms with Crippen LogP contribution < -0.4 is 10.6 Å². The zero-order valence-electron chi connectivity index (χ0n) is 15.5. The van der Waals surface area contributed by atoms with Crippen LogP contribution in [0.3, 0.4) is 0 Å². The van der Waals surface area contributed by atoms with Crippen molar-refractivity contribution in [3.05, 3.63) is 50.9 Å². The van der Waals surface area contributed by atoms with Gasteiger partial charge in [0.1, 0.15) is 5.01 Å². The molecule has 0 spiro atoms. The first kappa shape index (κ1) is 23.1. The van der Waals surface area contributed by atoms with Crippen molar-refractivity contribution in [1.29, 1.82) is 0 Å². The maximum Gasteiger partial charge on any atom is 0.191 e. The minimum atomic E-state index is -0.107. The van der Waals surface area contributed by atoms with Crippen LogP contribution in [0.2, 0.25) is 5.02 Å². The van der Waals surface area contributed by atoms with E-state index in [1.165, 1.54) is 0 Å². The Labute approximate surface area is 181 Å². The number of thiazole rings is 1. The Bertz CT molecular complexity index is 708. The van der Waals surface area contributed by atoms with Gasteiger partial charge in [-0.25, -0.2) is 4.98 Å². The molecular weight excluding hydrogens is 483 g/mol. The smallest absolute Gasteiger partial charge is 0.191 e. The molecule has 0 saturated heterocycles. The van der Waals surface area contributed by atoms with Crippen LogP contribution in [0.5, 0.6) is 0 Å². The van der Waals surface area contributed by atoms with E-state index >= 15 is 0 Å². The van der Waals surface area contributed by atoms with Gasteiger partial charge in [0.2, 0.25) is 0 Å². The van der Waals surface area contributed by atoms with E-state index < -0.39 is 0 Å². The van der Waals surface area contributed by atoms with Crippen molar-refractivity contribution in [3.8, 4) is 0 Å². The molecule has 0 fully saturated rings. The van der Waals surface area contributed by atoms with E-state index in [4.69, 9.17) is 16.3 Å². The van der Waals surface area contributed by atoms with Crippen molar-refractivity contribution in [2.45, 2.75) is 32.4 Å². The summed E-state index contributed by atoms with van der Waals surface area (Å²) in [6.07, 6.45) is -0.107. The molecule has 1 aromatic heterocycles. The van der Waals surface area contributed by atoms with Crippen LogP contribution in [0.4, 0.5) is 0 Å². The molecule has 2 rings (SSSR count). The molecule has 0 aliphatic carbocycles. The molecule has 1 aromatic carbocycles. The van der Waals surface area contributed by atoms with Crippen molar-refractivity contribution in [2.75, 3.05) is 20.7 Å². The predicted octanol–water partition coefficient (Wildman–Crippen LogP) is 4.59. The Morgan fingerprint density at radius 3 is 2.69 bits per heavy atom. The van der Waals surface area contributed by atoms with Crippen molar-refractivity contribution in [3.63, 3.8) is 0 Å². The third-order valence-corrected chi connectivity index (χ3v) is 4.85. The Kier molecular flexibility index (Phi) is 10.4. The van der Waals surface area contributed by atoms with E-state index in [-0.39, 0.29) is 30.1 Å². The maximum atomic E-state index is 6.06. The molecule has 0 aliphatic rings. The van der Waals surface area contributed by atoms with E-state index in [1.54, 1.807) is 25.5 Å². The molecule has 1 atom stereocenters. The number of methoxy groups -OCH3 is 1. The molecule has 0 amide bonds. The van der Waals surface area contributed by atoms with Gasteiger partial charge in [-0.05, 0) is 23.6 Å². The number of hydrogen-bond donors (Lipinski definition) is 2. The summed E-state index contributed by atoms with van der Waals surface area (Å²) < 4.78 is 5.56. The summed E-state index contributed by atoms with van der Waals surface area (Å²) in [5.74, 6) is 1.16. The van der Waals surface area contributed by atoms with Crippen LogP contribution in [0.1, 0.15) is 42.1 Å². The van der Waals surface area contributed by atoms with Crippen LogP contribution in [0.25, 0.3) is 0 Å². The van der Waals surface area contributed by atoms with Gasteiger partial charge in [-0.3, -0.25) is 4.99 Å². The Balaban J connectivity index is 0.00000338. The van der Waals surface area contributed by atoms with Gasteiger partial charge in [-0.2, -0.15) is 0 Å². The number of ether oxygens (including phenoxy) is 1. The molecule has 0 bridgehead atoms. The van der Waals surface area contributed by atoms with E-state index in [9.17, 15) is 0 Å². The van der Waals surface area contributed by atoms with Gasteiger partial charge in [0.15, 0.2) is 5.96 Å². The number of nitrogens with zero attached hydrogens (tertiary/aromatic N) is 2. The van der Waals surface area contributed by atoms with E-state index in [0.717, 1.165) is 16.3 Å². The van der Waals surface area contributed by atoms with Gasteiger partial charge in [-0.1, -0.05) is 37.6 Å². The number of halogens is 2. The summed E-state index contributed by atoms with van der Waals surface area (Å²) in [4.78, 5) is 8.87. The zero-order chi connectivity index (χ0) is 18.2. The highest BCUT2D eigenvalue weighted by Crippen LogP contribution is 2.20. The van der Waals surface area contributed by atoms with E-state index in [1.807, 2.05) is 24.3 Å². The topological polar surface area (TPSA) is 58.5 Å². The lowest BCUT2D eigenvalue weighted by Crippen LogP contribution is -2.39. The Morgan fingerprint density at radius 1 is 1.35 bits per heavy atom. The van der Waals surface area contributed by atoms with Gasteiger partial charge in [0.05, 0.1) is 18.3 Å². The number of rotatable bonds is 7. The highest BCUT2D eigenvalue weighted by atomic mass is 127. The lowest BCUT2D eigenvalue weighted by Gasteiger charge is -2.18. The molecule has 26 heavy (non-hydrogen) atoms. The van der Waals surface area contributed by atoms with Gasteiger partial charge in [0, 0.05) is 31.1 Å². The second kappa shape index (κ2) is 11.7. The van der Waals surface area contributed by atoms with Crippen molar-refractivity contribution < 1.29 is 4.74 Å². The monoisotopic (exact) mass is 508 g/mol. The van der Waals surface area contributed by atoms with Gasteiger partial charge in [-0.15, -0.1) is 35.3 Å². The Morgan fingerprint density at radius 2 is 2.12 bits per heavy atom. The summed E-state index contributed by atoms with van der Waals surface area (Å²) in [7, 11) is 3.43. The number of nitrogens with one attached hydrogen (secondary N) is 2. The minimum Gasteiger partial charge on any atom is -0.375 e. The van der Waals surface area contributed by atoms with Crippen LogP contribution in [-0.4, -0.2) is 31.6 Å². The second-order valence-electron chi connectivity index (χ2n) is 5.91. The summed E-state index contributed by atoms with van der Waals surface area (Å²) >= 11 is 7.72. The fourth-order valence-electron chi connectivity index (χ4n) is 2.28. The van der Waals surface area contributed by atoms with Crippen molar-refractivity contribution in [1.82, 2.24) is 15.6 Å². The average molecular weight is 509 g/mol. The van der Waals surface area contributed by atoms with Crippen LogP contribution in [0.15, 0.2) is 34.6 Å². The number of aromatic nitrogens is 1. The van der Waals surface area contributed by atoms with Crippen LogP contribution >= 0.6 is 46.9 Å². The Hall–Kier alpha value is -0.900. The second-order valence-corrected chi connectivity index (χ2v) is 7.29. The first-order valence-corrected chi connectivity index (χ1v) is 9.46. The summed E-state index contributed by atoms with van der Waals surface area (Å²) in [5, 5.41) is 10.4. The SMILES string of the molecule is CN=C(NCc1nc(C(C)C)cs1)NCC(OC)c1cccc(Cl)c1.I. The fourth-order valence-corrected chi connectivity index (χ4v) is 3.38.